The maximum Gasteiger partial charge on any atom is 0.237 e. The van der Waals surface area contributed by atoms with E-state index in [0.717, 1.165) is 57.1 Å². The van der Waals surface area contributed by atoms with Gasteiger partial charge in [-0.15, -0.1) is 0 Å². The summed E-state index contributed by atoms with van der Waals surface area (Å²) in [6.45, 7) is 3.27. The lowest BCUT2D eigenvalue weighted by Crippen LogP contribution is -2.67. The first-order valence-corrected chi connectivity index (χ1v) is 13.6. The Morgan fingerprint density at radius 2 is 1.93 bits per heavy atom. The lowest BCUT2D eigenvalue weighted by Gasteiger charge is -2.61. The van der Waals surface area contributed by atoms with Gasteiger partial charge in [0.1, 0.15) is 16.5 Å². The zero-order valence-corrected chi connectivity index (χ0v) is 19.5. The number of carbonyl (C=O) groups is 1. The molecule has 4 aliphatic carbocycles. The Balaban J connectivity index is 1.36. The van der Waals surface area contributed by atoms with Gasteiger partial charge in [-0.3, -0.25) is 4.79 Å². The molecule has 0 aromatic heterocycles. The van der Waals surface area contributed by atoms with Crippen molar-refractivity contribution in [1.29, 1.82) is 5.26 Å². The van der Waals surface area contributed by atoms with Crippen LogP contribution < -0.4 is 5.32 Å². The van der Waals surface area contributed by atoms with E-state index in [1.54, 1.807) is 4.90 Å². The Morgan fingerprint density at radius 1 is 1.20 bits per heavy atom. The Hall–Kier alpha value is -0.770. The molecular formula is C24H39N3O2S. The van der Waals surface area contributed by atoms with Crippen LogP contribution >= 0.6 is 0 Å². The molecule has 1 amide bonds. The summed E-state index contributed by atoms with van der Waals surface area (Å²) in [5, 5.41) is 13.0. The van der Waals surface area contributed by atoms with Gasteiger partial charge in [0.15, 0.2) is 0 Å². The number of nitrogens with one attached hydrogen (secondary N) is 1. The molecule has 4 bridgehead atoms. The van der Waals surface area contributed by atoms with E-state index in [1.807, 2.05) is 0 Å². The molecule has 0 aromatic rings. The van der Waals surface area contributed by atoms with Gasteiger partial charge in [0.2, 0.25) is 5.91 Å². The molecule has 5 fully saturated rings. The SMILES string of the molecule is CCCCCCC[S+]([O-])C12CC3C[C@@H](CC(NCC(=O)N4CCC[C@H]4C#N)(C3)C1)C2. The van der Waals surface area contributed by atoms with Crippen LogP contribution in [0.5, 0.6) is 0 Å². The normalized spacial score (nSPS) is 38.0. The predicted octanol–water partition coefficient (Wildman–Crippen LogP) is 3.90. The Bertz CT molecular complexity index is 649. The molecule has 5 nitrogen and oxygen atoms in total. The fourth-order valence-corrected chi connectivity index (χ4v) is 9.45. The average Bonchev–Trinajstić information content (AvgIpc) is 3.20. The molecule has 30 heavy (non-hydrogen) atoms. The largest absolute Gasteiger partial charge is 0.616 e. The van der Waals surface area contributed by atoms with Crippen molar-refractivity contribution in [2.45, 2.75) is 107 Å². The van der Waals surface area contributed by atoms with E-state index in [4.69, 9.17) is 0 Å². The van der Waals surface area contributed by atoms with Crippen molar-refractivity contribution in [3.63, 3.8) is 0 Å². The minimum atomic E-state index is -0.758. The first kappa shape index (κ1) is 22.4. The summed E-state index contributed by atoms with van der Waals surface area (Å²) in [4.78, 5) is 14.6. The average molecular weight is 434 g/mol. The third kappa shape index (κ3) is 4.54. The maximum absolute atomic E-state index is 13.5. The van der Waals surface area contributed by atoms with Crippen molar-refractivity contribution in [2.75, 3.05) is 18.8 Å². The molecule has 0 aromatic carbocycles. The number of unbranched alkanes of at least 4 members (excludes halogenated alkanes) is 4. The minimum Gasteiger partial charge on any atom is -0.616 e. The number of hydrogen-bond donors (Lipinski definition) is 1. The van der Waals surface area contributed by atoms with Gasteiger partial charge in [-0.05, 0) is 68.0 Å². The van der Waals surface area contributed by atoms with Crippen molar-refractivity contribution >= 4 is 17.1 Å². The van der Waals surface area contributed by atoms with E-state index in [9.17, 15) is 14.6 Å². The van der Waals surface area contributed by atoms with Gasteiger partial charge in [-0.1, -0.05) is 26.2 Å². The molecule has 1 saturated heterocycles. The van der Waals surface area contributed by atoms with Crippen LogP contribution in [0.2, 0.25) is 0 Å². The van der Waals surface area contributed by atoms with E-state index in [-0.39, 0.29) is 22.2 Å². The molecule has 6 atom stereocenters. The molecule has 1 heterocycles. The minimum absolute atomic E-state index is 0.0144. The quantitative estimate of drug-likeness (QED) is 0.419. The van der Waals surface area contributed by atoms with Crippen molar-refractivity contribution in [3.05, 3.63) is 0 Å². The molecule has 168 valence electrons. The maximum atomic E-state index is 13.5. The van der Waals surface area contributed by atoms with Crippen molar-refractivity contribution in [1.82, 2.24) is 10.2 Å². The van der Waals surface area contributed by atoms with Crippen LogP contribution in [0.3, 0.4) is 0 Å². The summed E-state index contributed by atoms with van der Waals surface area (Å²) in [7, 11) is 0. The highest BCUT2D eigenvalue weighted by molar-refractivity contribution is 7.92. The van der Waals surface area contributed by atoms with Gasteiger partial charge in [0.25, 0.3) is 0 Å². The van der Waals surface area contributed by atoms with E-state index >= 15 is 0 Å². The topological polar surface area (TPSA) is 79.2 Å². The third-order valence-electron chi connectivity index (χ3n) is 8.26. The number of hydrogen-bond acceptors (Lipinski definition) is 4. The van der Waals surface area contributed by atoms with Gasteiger partial charge < -0.3 is 14.8 Å². The number of carbonyl (C=O) groups excluding carboxylic acids is 1. The molecule has 0 radical (unpaired) electrons. The zero-order valence-electron chi connectivity index (χ0n) is 18.7. The van der Waals surface area contributed by atoms with E-state index < -0.39 is 11.2 Å². The van der Waals surface area contributed by atoms with E-state index in [0.29, 0.717) is 24.9 Å². The summed E-state index contributed by atoms with van der Waals surface area (Å²) in [6.07, 6.45) is 14.6. The third-order valence-corrected chi connectivity index (χ3v) is 10.4. The Kier molecular flexibility index (Phi) is 7.01. The van der Waals surface area contributed by atoms with Crippen LogP contribution in [0.4, 0.5) is 0 Å². The van der Waals surface area contributed by atoms with Gasteiger partial charge >= 0.3 is 0 Å². The molecule has 0 spiro atoms. The van der Waals surface area contributed by atoms with Crippen LogP contribution in [0, 0.1) is 23.2 Å². The molecule has 6 heteroatoms. The summed E-state index contributed by atoms with van der Waals surface area (Å²) >= 11 is -0.758. The zero-order chi connectivity index (χ0) is 21.2. The molecule has 1 N–H and O–H groups in total. The second-order valence-corrected chi connectivity index (χ2v) is 12.6. The van der Waals surface area contributed by atoms with Crippen molar-refractivity contribution in [3.8, 4) is 6.07 Å². The summed E-state index contributed by atoms with van der Waals surface area (Å²) < 4.78 is 13.5. The number of likely N-dealkylation sites (tertiary alicyclic amines) is 1. The van der Waals surface area contributed by atoms with Crippen molar-refractivity contribution < 1.29 is 9.35 Å². The highest BCUT2D eigenvalue weighted by atomic mass is 32.2. The smallest absolute Gasteiger partial charge is 0.237 e. The van der Waals surface area contributed by atoms with Gasteiger partial charge in [0.05, 0.1) is 12.6 Å². The fraction of sp³-hybridized carbons (Fsp3) is 0.917. The molecule has 4 saturated carbocycles. The van der Waals surface area contributed by atoms with Crippen LogP contribution in [-0.4, -0.2) is 50.5 Å². The lowest BCUT2D eigenvalue weighted by molar-refractivity contribution is -0.131. The number of nitrogens with zero attached hydrogens (tertiary/aromatic N) is 2. The Labute approximate surface area is 185 Å². The number of rotatable bonds is 10. The fourth-order valence-electron chi connectivity index (χ4n) is 7.27. The van der Waals surface area contributed by atoms with Crippen LogP contribution in [0.1, 0.15) is 90.4 Å². The molecule has 5 rings (SSSR count). The Morgan fingerprint density at radius 3 is 2.63 bits per heavy atom. The van der Waals surface area contributed by atoms with Crippen LogP contribution in [0.25, 0.3) is 0 Å². The van der Waals surface area contributed by atoms with Gasteiger partial charge in [-0.2, -0.15) is 5.26 Å². The van der Waals surface area contributed by atoms with E-state index in [2.05, 4.69) is 18.3 Å². The highest BCUT2D eigenvalue weighted by Crippen LogP contribution is 2.60. The van der Waals surface area contributed by atoms with Gasteiger partial charge in [0, 0.05) is 31.3 Å². The summed E-state index contributed by atoms with van der Waals surface area (Å²) in [5.74, 6) is 2.25. The van der Waals surface area contributed by atoms with E-state index in [1.165, 1.54) is 32.1 Å². The summed E-state index contributed by atoms with van der Waals surface area (Å²) in [5.41, 5.74) is -0.0144. The highest BCUT2D eigenvalue weighted by Gasteiger charge is 2.62. The molecule has 5 aliphatic rings. The molecule has 1 aliphatic heterocycles. The monoisotopic (exact) mass is 433 g/mol. The van der Waals surface area contributed by atoms with Crippen LogP contribution in [-0.2, 0) is 16.0 Å². The first-order chi connectivity index (χ1) is 14.5. The van der Waals surface area contributed by atoms with Gasteiger partial charge in [-0.25, -0.2) is 0 Å². The second-order valence-electron chi connectivity index (χ2n) is 10.6. The molecule has 4 unspecified atom stereocenters. The van der Waals surface area contributed by atoms with Crippen molar-refractivity contribution in [2.24, 2.45) is 11.8 Å². The number of nitriles is 1. The van der Waals surface area contributed by atoms with Crippen LogP contribution in [0.15, 0.2) is 0 Å². The predicted molar refractivity (Wildman–Crippen MR) is 120 cm³/mol. The standard InChI is InChI=1S/C24H39N3O2S/c1-2-3-4-5-6-10-30(29)24-14-19-11-20(15-24)13-23(12-19,18-24)26-17-22(28)27-9-7-8-21(27)16-25/h19-21,26H,2-15,17-18H2,1H3/t19-,20?,21-,23?,24?,30?/m0/s1. The molecular weight excluding hydrogens is 394 g/mol. The first-order valence-electron chi connectivity index (χ1n) is 12.3. The lowest BCUT2D eigenvalue weighted by atomic mass is 9.52. The second kappa shape index (κ2) is 9.38. The summed E-state index contributed by atoms with van der Waals surface area (Å²) in [6, 6.07) is 2.03. The number of amides is 1.